The summed E-state index contributed by atoms with van der Waals surface area (Å²) in [5.74, 6) is -0.991. The fraction of sp³-hybridized carbons (Fsp3) is 0.0435. The molecule has 0 saturated heterocycles. The van der Waals surface area contributed by atoms with Gasteiger partial charge in [-0.25, -0.2) is 0 Å². The van der Waals surface area contributed by atoms with E-state index in [9.17, 15) is 29.8 Å². The number of nitro groups is 2. The summed E-state index contributed by atoms with van der Waals surface area (Å²) < 4.78 is 0.559. The second-order valence-corrected chi connectivity index (χ2v) is 9.10. The van der Waals surface area contributed by atoms with Crippen LogP contribution in [0, 0.1) is 20.2 Å². The van der Waals surface area contributed by atoms with Crippen molar-refractivity contribution in [2.75, 3.05) is 0 Å². The molecule has 33 heavy (non-hydrogen) atoms. The van der Waals surface area contributed by atoms with Crippen molar-refractivity contribution in [2.45, 2.75) is 6.92 Å². The quantitative estimate of drug-likeness (QED) is 0.150. The average molecular weight is 481 g/mol. The summed E-state index contributed by atoms with van der Waals surface area (Å²) in [6.07, 6.45) is 5.50. The van der Waals surface area contributed by atoms with E-state index in [0.717, 1.165) is 4.91 Å². The molecule has 166 valence electrons. The summed E-state index contributed by atoms with van der Waals surface area (Å²) >= 11 is 2.62. The lowest BCUT2D eigenvalue weighted by molar-refractivity contribution is -0.385. The average Bonchev–Trinajstić information content (AvgIpc) is 3.22. The number of allylic oxidation sites excluding steroid dienone is 4. The predicted molar refractivity (Wildman–Crippen MR) is 130 cm³/mol. The molecule has 2 aromatic rings. The molecule has 1 heterocycles. The first-order chi connectivity index (χ1) is 15.7. The number of benzene rings is 2. The van der Waals surface area contributed by atoms with Gasteiger partial charge in [0.05, 0.1) is 19.7 Å². The largest absolute Gasteiger partial charge is 0.289 e. The maximum absolute atomic E-state index is 12.9. The van der Waals surface area contributed by atoms with Crippen molar-refractivity contribution in [1.29, 1.82) is 0 Å². The maximum Gasteiger partial charge on any atom is 0.269 e. The van der Waals surface area contributed by atoms with Crippen molar-refractivity contribution in [3.05, 3.63) is 112 Å². The van der Waals surface area contributed by atoms with Crippen LogP contribution in [-0.2, 0) is 9.59 Å². The van der Waals surface area contributed by atoms with Gasteiger partial charge in [-0.05, 0) is 64.8 Å². The zero-order valence-electron chi connectivity index (χ0n) is 17.2. The Morgan fingerprint density at radius 2 is 1.21 bits per heavy atom. The van der Waals surface area contributed by atoms with Gasteiger partial charge >= 0.3 is 0 Å². The molecule has 0 fully saturated rings. The van der Waals surface area contributed by atoms with Crippen LogP contribution >= 0.6 is 23.5 Å². The Balaban J connectivity index is 1.82. The van der Waals surface area contributed by atoms with Gasteiger partial charge in [0.2, 0.25) is 0 Å². The number of ketones is 2. The highest BCUT2D eigenvalue weighted by Gasteiger charge is 2.23. The molecular formula is C23H16N2O6S2. The van der Waals surface area contributed by atoms with E-state index in [2.05, 4.69) is 0 Å². The Labute approximate surface area is 197 Å². The molecule has 0 N–H and O–H groups in total. The summed E-state index contributed by atoms with van der Waals surface area (Å²) in [6.45, 7) is 1.87. The van der Waals surface area contributed by atoms with Crippen molar-refractivity contribution in [1.82, 2.24) is 0 Å². The Kier molecular flexibility index (Phi) is 7.75. The first-order valence-corrected chi connectivity index (χ1v) is 11.1. The third kappa shape index (κ3) is 6.37. The normalized spacial score (nSPS) is 13.4. The van der Waals surface area contributed by atoms with E-state index in [1.807, 2.05) is 12.3 Å². The number of carbonyl (C=O) groups is 2. The third-order valence-electron chi connectivity index (χ3n) is 4.34. The van der Waals surface area contributed by atoms with E-state index in [1.165, 1.54) is 96.4 Å². The van der Waals surface area contributed by atoms with Gasteiger partial charge in [0.15, 0.2) is 11.6 Å². The Hall–Kier alpha value is -3.76. The van der Waals surface area contributed by atoms with Crippen molar-refractivity contribution < 1.29 is 19.4 Å². The van der Waals surface area contributed by atoms with Crippen molar-refractivity contribution in [2.24, 2.45) is 0 Å². The van der Waals surface area contributed by atoms with Crippen LogP contribution in [0.25, 0.3) is 12.2 Å². The van der Waals surface area contributed by atoms with Gasteiger partial charge in [-0.3, -0.25) is 29.8 Å². The van der Waals surface area contributed by atoms with Gasteiger partial charge in [-0.1, -0.05) is 35.7 Å². The van der Waals surface area contributed by atoms with E-state index >= 15 is 0 Å². The van der Waals surface area contributed by atoms with Crippen LogP contribution in [0.15, 0.2) is 80.8 Å². The molecule has 3 rings (SSSR count). The van der Waals surface area contributed by atoms with Crippen LogP contribution in [-0.4, -0.2) is 21.4 Å². The Morgan fingerprint density at radius 1 is 0.788 bits per heavy atom. The van der Waals surface area contributed by atoms with Gasteiger partial charge in [0, 0.05) is 24.3 Å². The van der Waals surface area contributed by atoms with Crippen molar-refractivity contribution in [3.8, 4) is 0 Å². The van der Waals surface area contributed by atoms with Gasteiger partial charge in [0.1, 0.15) is 0 Å². The molecule has 0 atom stereocenters. The van der Waals surface area contributed by atoms with E-state index in [4.69, 9.17) is 0 Å². The topological polar surface area (TPSA) is 120 Å². The summed E-state index contributed by atoms with van der Waals surface area (Å²) in [7, 11) is 0. The molecule has 0 amide bonds. The first-order valence-electron chi connectivity index (χ1n) is 9.44. The van der Waals surface area contributed by atoms with Crippen molar-refractivity contribution in [3.63, 3.8) is 0 Å². The number of thioether (sulfide) groups is 2. The number of non-ortho nitro benzene ring substituents is 2. The van der Waals surface area contributed by atoms with Crippen LogP contribution < -0.4 is 0 Å². The molecule has 10 heteroatoms. The van der Waals surface area contributed by atoms with Gasteiger partial charge in [-0.2, -0.15) is 0 Å². The molecule has 0 unspecified atom stereocenters. The minimum Gasteiger partial charge on any atom is -0.289 e. The molecule has 0 aliphatic carbocycles. The van der Waals surface area contributed by atoms with E-state index in [0.29, 0.717) is 15.4 Å². The molecule has 0 aromatic heterocycles. The second kappa shape index (κ2) is 10.7. The molecule has 2 aromatic carbocycles. The van der Waals surface area contributed by atoms with E-state index in [-0.39, 0.29) is 16.9 Å². The lowest BCUT2D eigenvalue weighted by atomic mass is 10.1. The molecule has 0 saturated carbocycles. The molecule has 0 spiro atoms. The summed E-state index contributed by atoms with van der Waals surface area (Å²) in [5.41, 5.74) is 1.04. The van der Waals surface area contributed by atoms with Gasteiger partial charge in [-0.15, -0.1) is 0 Å². The standard InChI is InChI=1S/C23H16N2O6S2/c1-15-14-32-23(33-15)22(20(26)12-6-16-2-8-18(9-3-16)24(28)29)21(27)13-7-17-4-10-19(11-5-17)25(30)31/h2-14H,1H3/b12-6+,13-7+. The molecule has 8 nitrogen and oxygen atoms in total. The molecule has 0 radical (unpaired) electrons. The fourth-order valence-corrected chi connectivity index (χ4v) is 4.94. The number of carbonyl (C=O) groups excluding carboxylic acids is 2. The van der Waals surface area contributed by atoms with Crippen molar-refractivity contribution >= 4 is 58.6 Å². The second-order valence-electron chi connectivity index (χ2n) is 6.70. The van der Waals surface area contributed by atoms with Crippen LogP contribution in [0.5, 0.6) is 0 Å². The summed E-state index contributed by atoms with van der Waals surface area (Å²) in [5, 5.41) is 23.4. The highest BCUT2D eigenvalue weighted by Crippen LogP contribution is 2.45. The Bertz CT molecular complexity index is 1160. The molecule has 1 aliphatic rings. The van der Waals surface area contributed by atoms with Crippen LogP contribution in [0.4, 0.5) is 11.4 Å². The minimum atomic E-state index is -0.513. The fourth-order valence-electron chi connectivity index (χ4n) is 2.69. The number of hydrogen-bond acceptors (Lipinski definition) is 8. The highest BCUT2D eigenvalue weighted by molar-refractivity contribution is 8.28. The third-order valence-corrected chi connectivity index (χ3v) is 6.75. The summed E-state index contributed by atoms with van der Waals surface area (Å²) in [6, 6.07) is 11.4. The smallest absolute Gasteiger partial charge is 0.269 e. The van der Waals surface area contributed by atoms with Crippen LogP contribution in [0.2, 0.25) is 0 Å². The van der Waals surface area contributed by atoms with E-state index < -0.39 is 21.4 Å². The number of rotatable bonds is 8. The number of nitrogens with zero attached hydrogens (tertiary/aromatic N) is 2. The highest BCUT2D eigenvalue weighted by atomic mass is 32.2. The predicted octanol–water partition coefficient (Wildman–Crippen LogP) is 5.92. The van der Waals surface area contributed by atoms with Gasteiger partial charge in [0.25, 0.3) is 11.4 Å². The summed E-state index contributed by atoms with van der Waals surface area (Å²) in [4.78, 5) is 47.3. The molecular weight excluding hydrogens is 464 g/mol. The first kappa shape index (κ1) is 23.9. The van der Waals surface area contributed by atoms with Gasteiger partial charge < -0.3 is 0 Å². The van der Waals surface area contributed by atoms with Crippen LogP contribution in [0.3, 0.4) is 0 Å². The minimum absolute atomic E-state index is 0.00873. The Morgan fingerprint density at radius 3 is 1.55 bits per heavy atom. The maximum atomic E-state index is 12.9. The molecule has 1 aliphatic heterocycles. The lowest BCUT2D eigenvalue weighted by Crippen LogP contribution is -2.10. The zero-order valence-corrected chi connectivity index (χ0v) is 18.8. The lowest BCUT2D eigenvalue weighted by Gasteiger charge is -2.04. The van der Waals surface area contributed by atoms with Crippen LogP contribution in [0.1, 0.15) is 18.1 Å². The number of nitro benzene ring substituents is 2. The van der Waals surface area contributed by atoms with E-state index in [1.54, 1.807) is 0 Å². The monoisotopic (exact) mass is 480 g/mol. The SMILES string of the molecule is CC1=CSC(=C(C(=O)/C=C/c2ccc([N+](=O)[O-])cc2)C(=O)/C=C/c2ccc([N+](=O)[O-])cc2)S1. The molecule has 0 bridgehead atoms. The number of hydrogen-bond donors (Lipinski definition) is 0. The zero-order chi connectivity index (χ0) is 24.0.